The van der Waals surface area contributed by atoms with Gasteiger partial charge in [-0.15, -0.1) is 24.2 Å². The number of Topliss-reactive ketones (excluding diaryl/α,β-unsaturated/α-hetero) is 2. The molecule has 2 saturated heterocycles. The number of ketones is 2. The second-order valence-corrected chi connectivity index (χ2v) is 8.82. The van der Waals surface area contributed by atoms with E-state index < -0.39 is 5.54 Å². The number of fused-ring (bicyclic) bond motifs is 2. The van der Waals surface area contributed by atoms with Crippen LogP contribution in [0.15, 0.2) is 34.7 Å². The lowest BCUT2D eigenvalue weighted by atomic mass is 9.78. The van der Waals surface area contributed by atoms with Crippen LogP contribution in [0.5, 0.6) is 0 Å². The van der Waals surface area contributed by atoms with Crippen molar-refractivity contribution in [1.29, 1.82) is 0 Å². The molecule has 1 aliphatic carbocycles. The van der Waals surface area contributed by atoms with E-state index in [1.807, 2.05) is 0 Å². The van der Waals surface area contributed by atoms with Gasteiger partial charge in [0.1, 0.15) is 0 Å². The van der Waals surface area contributed by atoms with E-state index in [1.54, 1.807) is 24.3 Å². The van der Waals surface area contributed by atoms with Crippen molar-refractivity contribution < 1.29 is 23.9 Å². The number of benzene rings is 1. The topological polar surface area (TPSA) is 96.0 Å². The fourth-order valence-corrected chi connectivity index (χ4v) is 5.86. The van der Waals surface area contributed by atoms with Crippen molar-refractivity contribution >= 4 is 47.5 Å². The standard InChI is InChI=1S/C21H21N3O5S.ClH/c25-15-11-24(6-5-23-7-9-29-10-8-23)20(28)21(22-15)12-30-19-16(21)17(26)13-3-1-2-4-14(13)18(19)27;/h1-4H,5-12H2,(H,22,25);1H. The Morgan fingerprint density at radius 2 is 1.68 bits per heavy atom. The Morgan fingerprint density at radius 3 is 2.39 bits per heavy atom. The number of ether oxygens (including phenoxy) is 1. The molecule has 3 heterocycles. The van der Waals surface area contributed by atoms with Gasteiger partial charge in [0, 0.05) is 43.1 Å². The molecule has 2 fully saturated rings. The molecule has 5 rings (SSSR count). The van der Waals surface area contributed by atoms with Crippen LogP contribution in [0.2, 0.25) is 0 Å². The molecule has 1 spiro atoms. The summed E-state index contributed by atoms with van der Waals surface area (Å²) in [6, 6.07) is 6.63. The predicted molar refractivity (Wildman–Crippen MR) is 117 cm³/mol. The number of piperazine rings is 1. The highest BCUT2D eigenvalue weighted by atomic mass is 35.5. The molecule has 8 nitrogen and oxygen atoms in total. The molecule has 164 valence electrons. The van der Waals surface area contributed by atoms with Gasteiger partial charge >= 0.3 is 0 Å². The maximum atomic E-state index is 13.5. The van der Waals surface area contributed by atoms with Gasteiger partial charge < -0.3 is 15.0 Å². The van der Waals surface area contributed by atoms with Gasteiger partial charge in [0.05, 0.1) is 30.2 Å². The zero-order valence-corrected chi connectivity index (χ0v) is 18.4. The van der Waals surface area contributed by atoms with Crippen LogP contribution in [-0.2, 0) is 14.3 Å². The largest absolute Gasteiger partial charge is 0.379 e. The summed E-state index contributed by atoms with van der Waals surface area (Å²) in [5.74, 6) is -1.08. The first kappa shape index (κ1) is 22.0. The summed E-state index contributed by atoms with van der Waals surface area (Å²) >= 11 is 1.18. The third-order valence-corrected chi connectivity index (χ3v) is 7.32. The van der Waals surface area contributed by atoms with E-state index in [0.29, 0.717) is 31.9 Å². The van der Waals surface area contributed by atoms with Crippen LogP contribution in [0, 0.1) is 0 Å². The number of hydrogen-bond donors (Lipinski definition) is 1. The lowest BCUT2D eigenvalue weighted by molar-refractivity contribution is -0.147. The van der Waals surface area contributed by atoms with Gasteiger partial charge in [-0.05, 0) is 0 Å². The minimum Gasteiger partial charge on any atom is -0.379 e. The molecule has 2 amide bonds. The highest BCUT2D eigenvalue weighted by molar-refractivity contribution is 8.04. The summed E-state index contributed by atoms with van der Waals surface area (Å²) in [7, 11) is 0. The van der Waals surface area contributed by atoms with E-state index >= 15 is 0 Å². The van der Waals surface area contributed by atoms with Gasteiger partial charge in [0.2, 0.25) is 11.7 Å². The highest BCUT2D eigenvalue weighted by Crippen LogP contribution is 2.46. The van der Waals surface area contributed by atoms with Crippen molar-refractivity contribution in [3.8, 4) is 0 Å². The number of allylic oxidation sites excluding steroid dienone is 1. The van der Waals surface area contributed by atoms with Crippen molar-refractivity contribution in [2.24, 2.45) is 0 Å². The van der Waals surface area contributed by atoms with Gasteiger partial charge in [0.25, 0.3) is 5.91 Å². The average Bonchev–Trinajstić information content (AvgIpc) is 3.14. The summed E-state index contributed by atoms with van der Waals surface area (Å²) in [4.78, 5) is 56.4. The first-order chi connectivity index (χ1) is 14.5. The molecule has 0 radical (unpaired) electrons. The Labute approximate surface area is 189 Å². The lowest BCUT2D eigenvalue weighted by Crippen LogP contribution is -2.69. The number of nitrogens with zero attached hydrogens (tertiary/aromatic N) is 2. The summed E-state index contributed by atoms with van der Waals surface area (Å²) in [6.07, 6.45) is 0. The van der Waals surface area contributed by atoms with Crippen LogP contribution in [-0.4, -0.2) is 90.4 Å². The van der Waals surface area contributed by atoms with Crippen molar-refractivity contribution in [2.45, 2.75) is 5.54 Å². The van der Waals surface area contributed by atoms with Crippen LogP contribution in [0.3, 0.4) is 0 Å². The van der Waals surface area contributed by atoms with Gasteiger partial charge in [-0.25, -0.2) is 0 Å². The Bertz CT molecular complexity index is 1010. The minimum atomic E-state index is -1.47. The van der Waals surface area contributed by atoms with Gasteiger partial charge in [-0.2, -0.15) is 0 Å². The van der Waals surface area contributed by atoms with Crippen molar-refractivity contribution in [3.05, 3.63) is 45.9 Å². The fraction of sp³-hybridized carbons (Fsp3) is 0.429. The monoisotopic (exact) mass is 463 g/mol. The van der Waals surface area contributed by atoms with E-state index in [1.165, 1.54) is 16.7 Å². The zero-order chi connectivity index (χ0) is 20.9. The summed E-state index contributed by atoms with van der Waals surface area (Å²) < 4.78 is 5.35. The lowest BCUT2D eigenvalue weighted by Gasteiger charge is -2.41. The van der Waals surface area contributed by atoms with Crippen LogP contribution < -0.4 is 5.32 Å². The predicted octanol–water partition coefficient (Wildman–Crippen LogP) is 0.518. The number of carbonyl (C=O) groups is 4. The number of morpholine rings is 1. The fourth-order valence-electron chi connectivity index (χ4n) is 4.51. The van der Waals surface area contributed by atoms with Gasteiger partial charge in [0.15, 0.2) is 11.3 Å². The summed E-state index contributed by atoms with van der Waals surface area (Å²) in [5.41, 5.74) is -0.702. The summed E-state index contributed by atoms with van der Waals surface area (Å²) in [5, 5.41) is 2.77. The number of halogens is 1. The second-order valence-electron chi connectivity index (χ2n) is 7.83. The molecule has 3 aliphatic heterocycles. The van der Waals surface area contributed by atoms with Gasteiger partial charge in [-0.3, -0.25) is 24.1 Å². The third-order valence-electron chi connectivity index (χ3n) is 6.07. The number of amides is 2. The number of thioether (sulfide) groups is 1. The Hall–Kier alpha value is -2.20. The molecular weight excluding hydrogens is 442 g/mol. The second kappa shape index (κ2) is 8.38. The molecule has 0 saturated carbocycles. The van der Waals surface area contributed by atoms with Crippen LogP contribution in [0.25, 0.3) is 0 Å². The van der Waals surface area contributed by atoms with Crippen molar-refractivity contribution in [3.63, 3.8) is 0 Å². The molecule has 0 bridgehead atoms. The maximum absolute atomic E-state index is 13.5. The molecule has 1 aromatic carbocycles. The molecule has 0 aromatic heterocycles. The number of rotatable bonds is 3. The molecule has 1 atom stereocenters. The maximum Gasteiger partial charge on any atom is 0.254 e. The molecule has 1 aromatic rings. The van der Waals surface area contributed by atoms with E-state index in [-0.39, 0.29) is 64.1 Å². The quantitative estimate of drug-likeness (QED) is 0.698. The Kier molecular flexibility index (Phi) is 5.95. The smallest absolute Gasteiger partial charge is 0.254 e. The average molecular weight is 464 g/mol. The number of nitrogens with one attached hydrogen (secondary N) is 1. The van der Waals surface area contributed by atoms with Crippen molar-refractivity contribution in [1.82, 2.24) is 15.1 Å². The van der Waals surface area contributed by atoms with E-state index in [9.17, 15) is 19.2 Å². The highest BCUT2D eigenvalue weighted by Gasteiger charge is 2.58. The zero-order valence-electron chi connectivity index (χ0n) is 16.7. The summed E-state index contributed by atoms with van der Waals surface area (Å²) in [6.45, 7) is 3.86. The molecule has 31 heavy (non-hydrogen) atoms. The SMILES string of the molecule is Cl.O=C1CN(CCN2CCOCC2)C(=O)C2(CSC3=C2C(=O)c2ccccc2C3=O)N1. The number of carbonyl (C=O) groups excluding carboxylic acids is 4. The third kappa shape index (κ3) is 3.49. The molecule has 4 aliphatic rings. The first-order valence-corrected chi connectivity index (χ1v) is 11.0. The first-order valence-electron chi connectivity index (χ1n) is 9.98. The molecular formula is C21H22ClN3O5S. The van der Waals surface area contributed by atoms with Crippen LogP contribution in [0.4, 0.5) is 0 Å². The van der Waals surface area contributed by atoms with Gasteiger partial charge in [-0.1, -0.05) is 24.3 Å². The number of hydrogen-bond acceptors (Lipinski definition) is 7. The molecule has 10 heteroatoms. The van der Waals surface area contributed by atoms with Crippen molar-refractivity contribution in [2.75, 3.05) is 51.7 Å². The minimum absolute atomic E-state index is 0. The molecule has 1 unspecified atom stereocenters. The van der Waals surface area contributed by atoms with Crippen LogP contribution >= 0.6 is 24.2 Å². The van der Waals surface area contributed by atoms with E-state index in [2.05, 4.69) is 10.2 Å². The Balaban J connectivity index is 0.00000231. The Morgan fingerprint density at radius 1 is 1.00 bits per heavy atom. The van der Waals surface area contributed by atoms with E-state index in [4.69, 9.17) is 4.74 Å². The van der Waals surface area contributed by atoms with E-state index in [0.717, 1.165) is 13.1 Å². The van der Waals surface area contributed by atoms with Crippen LogP contribution in [0.1, 0.15) is 20.7 Å². The molecule has 1 N–H and O–H groups in total. The normalized spacial score (nSPS) is 26.0.